The second-order valence-electron chi connectivity index (χ2n) is 8.38. The third kappa shape index (κ3) is 6.01. The molecular weight excluding hydrogens is 428 g/mol. The van der Waals surface area contributed by atoms with Crippen LogP contribution in [0.4, 0.5) is 4.79 Å². The summed E-state index contributed by atoms with van der Waals surface area (Å²) >= 11 is 0. The molecule has 0 aromatic heterocycles. The second-order valence-corrected chi connectivity index (χ2v) is 8.38. The molecule has 1 heterocycles. The number of aryl methyl sites for hydroxylation is 1. The number of piperazine rings is 1. The molecule has 1 saturated heterocycles. The van der Waals surface area contributed by atoms with Crippen LogP contribution < -0.4 is 16.0 Å². The van der Waals surface area contributed by atoms with Gasteiger partial charge in [-0.3, -0.25) is 9.59 Å². The van der Waals surface area contributed by atoms with E-state index >= 15 is 0 Å². The molecule has 0 aliphatic carbocycles. The minimum absolute atomic E-state index is 0.0796. The first kappa shape index (κ1) is 23.0. The number of hydrogen-bond acceptors (Lipinski definition) is 3. The minimum Gasteiger partial charge on any atom is -0.353 e. The Bertz CT molecular complexity index is 1170. The summed E-state index contributed by atoms with van der Waals surface area (Å²) in [5, 5.41) is 8.43. The molecule has 4 rings (SSSR count). The SMILES string of the molecule is Cc1ccc(-c2cccc(CNC(=O)NCc3ccc(C(=O)N4CCNC(=O)C4)cc3)c2)cc1. The largest absolute Gasteiger partial charge is 0.353 e. The van der Waals surface area contributed by atoms with E-state index in [1.165, 1.54) is 10.5 Å². The molecule has 1 aliphatic heterocycles. The van der Waals surface area contributed by atoms with Gasteiger partial charge in [-0.25, -0.2) is 4.79 Å². The van der Waals surface area contributed by atoms with Crippen LogP contribution in [0, 0.1) is 6.92 Å². The van der Waals surface area contributed by atoms with Crippen LogP contribution in [0.5, 0.6) is 0 Å². The van der Waals surface area contributed by atoms with Gasteiger partial charge in [-0.15, -0.1) is 0 Å². The number of urea groups is 1. The maximum Gasteiger partial charge on any atom is 0.315 e. The van der Waals surface area contributed by atoms with Gasteiger partial charge in [0.1, 0.15) is 0 Å². The zero-order valence-electron chi connectivity index (χ0n) is 19.1. The summed E-state index contributed by atoms with van der Waals surface area (Å²) < 4.78 is 0. The van der Waals surface area contributed by atoms with Crippen molar-refractivity contribution in [3.63, 3.8) is 0 Å². The molecule has 1 fully saturated rings. The first-order valence-corrected chi connectivity index (χ1v) is 11.3. The van der Waals surface area contributed by atoms with E-state index in [9.17, 15) is 14.4 Å². The van der Waals surface area contributed by atoms with Crippen LogP contribution in [0.2, 0.25) is 0 Å². The molecule has 3 N–H and O–H groups in total. The molecule has 0 spiro atoms. The van der Waals surface area contributed by atoms with Crippen molar-refractivity contribution >= 4 is 17.8 Å². The molecule has 0 unspecified atom stereocenters. The second kappa shape index (κ2) is 10.7. The number of nitrogens with zero attached hydrogens (tertiary/aromatic N) is 1. The van der Waals surface area contributed by atoms with Gasteiger partial charge in [0.25, 0.3) is 5.91 Å². The third-order valence-electron chi connectivity index (χ3n) is 5.74. The predicted octanol–water partition coefficient (Wildman–Crippen LogP) is 3.23. The van der Waals surface area contributed by atoms with Crippen LogP contribution in [-0.4, -0.2) is 42.4 Å². The predicted molar refractivity (Wildman–Crippen MR) is 131 cm³/mol. The Hall–Kier alpha value is -4.13. The standard InChI is InChI=1S/C27H28N4O3/c1-19-5-9-22(10-6-19)24-4-2-3-21(15-24)17-30-27(34)29-16-20-7-11-23(12-8-20)26(33)31-14-13-28-25(32)18-31/h2-12,15H,13-14,16-18H2,1H3,(H,28,32)(H2,29,30,34). The minimum atomic E-state index is -0.264. The molecule has 3 aromatic rings. The molecule has 7 nitrogen and oxygen atoms in total. The summed E-state index contributed by atoms with van der Waals surface area (Å²) in [5.74, 6) is -0.312. The fraction of sp³-hybridized carbons (Fsp3) is 0.222. The smallest absolute Gasteiger partial charge is 0.315 e. The van der Waals surface area contributed by atoms with E-state index in [0.717, 1.165) is 22.3 Å². The summed E-state index contributed by atoms with van der Waals surface area (Å²) in [4.78, 5) is 37.8. The van der Waals surface area contributed by atoms with Gasteiger partial charge in [0.05, 0.1) is 6.54 Å². The number of carbonyl (C=O) groups is 3. The Labute approximate surface area is 199 Å². The lowest BCUT2D eigenvalue weighted by Gasteiger charge is -2.26. The van der Waals surface area contributed by atoms with Crippen LogP contribution >= 0.6 is 0 Å². The van der Waals surface area contributed by atoms with Crippen LogP contribution in [0.3, 0.4) is 0 Å². The van der Waals surface area contributed by atoms with Gasteiger partial charge in [-0.1, -0.05) is 60.2 Å². The number of benzene rings is 3. The molecule has 1 aliphatic rings. The summed E-state index contributed by atoms with van der Waals surface area (Å²) in [7, 11) is 0. The Morgan fingerprint density at radius 1 is 0.882 bits per heavy atom. The molecule has 3 aromatic carbocycles. The van der Waals surface area contributed by atoms with Crippen LogP contribution in [0.15, 0.2) is 72.8 Å². The monoisotopic (exact) mass is 456 g/mol. The zero-order valence-corrected chi connectivity index (χ0v) is 19.1. The highest BCUT2D eigenvalue weighted by Crippen LogP contribution is 2.21. The number of nitrogens with one attached hydrogen (secondary N) is 3. The Kier molecular flexibility index (Phi) is 7.22. The van der Waals surface area contributed by atoms with Crippen molar-refractivity contribution in [2.24, 2.45) is 0 Å². The molecule has 174 valence electrons. The molecule has 0 radical (unpaired) electrons. The van der Waals surface area contributed by atoms with Gasteiger partial charge in [-0.2, -0.15) is 0 Å². The fourth-order valence-corrected chi connectivity index (χ4v) is 3.79. The first-order valence-electron chi connectivity index (χ1n) is 11.3. The Morgan fingerprint density at radius 3 is 2.29 bits per heavy atom. The van der Waals surface area contributed by atoms with E-state index in [1.807, 2.05) is 24.3 Å². The lowest BCUT2D eigenvalue weighted by atomic mass is 10.0. The summed E-state index contributed by atoms with van der Waals surface area (Å²) in [6, 6.07) is 23.3. The number of rotatable bonds is 6. The van der Waals surface area contributed by atoms with Gasteiger partial charge in [0, 0.05) is 31.7 Å². The van der Waals surface area contributed by atoms with E-state index < -0.39 is 0 Å². The molecule has 0 bridgehead atoms. The highest BCUT2D eigenvalue weighted by atomic mass is 16.2. The highest BCUT2D eigenvalue weighted by Gasteiger charge is 2.22. The van der Waals surface area contributed by atoms with E-state index in [1.54, 1.807) is 12.1 Å². The lowest BCUT2D eigenvalue weighted by Crippen LogP contribution is -2.49. The van der Waals surface area contributed by atoms with E-state index in [0.29, 0.717) is 31.7 Å². The maximum absolute atomic E-state index is 12.5. The van der Waals surface area contributed by atoms with Crippen molar-refractivity contribution < 1.29 is 14.4 Å². The summed E-state index contributed by atoms with van der Waals surface area (Å²) in [6.45, 7) is 3.88. The van der Waals surface area contributed by atoms with Gasteiger partial charge >= 0.3 is 6.03 Å². The fourth-order valence-electron chi connectivity index (χ4n) is 3.79. The van der Waals surface area contributed by atoms with E-state index in [2.05, 4.69) is 59.3 Å². The van der Waals surface area contributed by atoms with Crippen molar-refractivity contribution in [1.29, 1.82) is 0 Å². The number of amides is 4. The Balaban J connectivity index is 1.26. The van der Waals surface area contributed by atoms with Gasteiger partial charge in [-0.05, 0) is 47.4 Å². The molecule has 0 atom stereocenters. The van der Waals surface area contributed by atoms with Crippen molar-refractivity contribution in [2.75, 3.05) is 19.6 Å². The molecular formula is C27H28N4O3. The van der Waals surface area contributed by atoms with E-state index in [-0.39, 0.29) is 24.4 Å². The van der Waals surface area contributed by atoms with Crippen LogP contribution in [0.25, 0.3) is 11.1 Å². The summed E-state index contributed by atoms with van der Waals surface area (Å²) in [5.41, 5.74) is 5.89. The van der Waals surface area contributed by atoms with Crippen LogP contribution in [-0.2, 0) is 17.9 Å². The number of carbonyl (C=O) groups excluding carboxylic acids is 3. The van der Waals surface area contributed by atoms with Gasteiger partial charge < -0.3 is 20.9 Å². The first-order chi connectivity index (χ1) is 16.5. The van der Waals surface area contributed by atoms with E-state index in [4.69, 9.17) is 0 Å². The summed E-state index contributed by atoms with van der Waals surface area (Å²) in [6.07, 6.45) is 0. The zero-order chi connectivity index (χ0) is 23.9. The quantitative estimate of drug-likeness (QED) is 0.532. The molecule has 34 heavy (non-hydrogen) atoms. The third-order valence-corrected chi connectivity index (χ3v) is 5.74. The maximum atomic E-state index is 12.5. The van der Waals surface area contributed by atoms with Gasteiger partial charge in [0.15, 0.2) is 0 Å². The van der Waals surface area contributed by atoms with Crippen LogP contribution in [0.1, 0.15) is 27.0 Å². The average Bonchev–Trinajstić information content (AvgIpc) is 2.87. The molecule has 7 heteroatoms. The number of hydrogen-bond donors (Lipinski definition) is 3. The topological polar surface area (TPSA) is 90.5 Å². The molecule has 0 saturated carbocycles. The van der Waals surface area contributed by atoms with Crippen molar-refractivity contribution in [2.45, 2.75) is 20.0 Å². The average molecular weight is 457 g/mol. The highest BCUT2D eigenvalue weighted by molar-refractivity contribution is 5.97. The van der Waals surface area contributed by atoms with Crippen molar-refractivity contribution in [3.05, 3.63) is 95.1 Å². The lowest BCUT2D eigenvalue weighted by molar-refractivity contribution is -0.123. The van der Waals surface area contributed by atoms with Crippen molar-refractivity contribution in [1.82, 2.24) is 20.9 Å². The molecule has 4 amide bonds. The normalized spacial score (nSPS) is 13.2. The van der Waals surface area contributed by atoms with Crippen molar-refractivity contribution in [3.8, 4) is 11.1 Å². The Morgan fingerprint density at radius 2 is 1.59 bits per heavy atom. The van der Waals surface area contributed by atoms with Gasteiger partial charge in [0.2, 0.25) is 5.91 Å².